The van der Waals surface area contributed by atoms with Gasteiger partial charge >= 0.3 is 0 Å². The third kappa shape index (κ3) is 5.54. The minimum absolute atomic E-state index is 0.117. The van der Waals surface area contributed by atoms with Crippen molar-refractivity contribution in [1.82, 2.24) is 4.98 Å². The lowest BCUT2D eigenvalue weighted by Crippen LogP contribution is -2.31. The molecular weight excluding hydrogens is 558 g/mol. The largest absolute Gasteiger partial charge is 0.497 e. The van der Waals surface area contributed by atoms with Gasteiger partial charge in [0.25, 0.3) is 10.0 Å². The first-order valence-corrected chi connectivity index (χ1v) is 13.9. The van der Waals surface area contributed by atoms with Crippen LogP contribution in [0, 0.1) is 11.6 Å². The van der Waals surface area contributed by atoms with E-state index in [0.29, 0.717) is 17.1 Å². The van der Waals surface area contributed by atoms with Gasteiger partial charge in [-0.2, -0.15) is 0 Å². The van der Waals surface area contributed by atoms with Gasteiger partial charge in [-0.1, -0.05) is 29.8 Å². The topological polar surface area (TPSA) is 78.0 Å². The molecule has 0 bridgehead atoms. The molecule has 0 saturated carbocycles. The van der Waals surface area contributed by atoms with E-state index in [4.69, 9.17) is 25.8 Å². The molecule has 0 saturated heterocycles. The average molecular weight is 581 g/mol. The molecular formula is C26H23ClF2N2O5S2. The number of nitrogens with zero attached hydrogens (tertiary/aromatic N) is 2. The van der Waals surface area contributed by atoms with E-state index < -0.39 is 37.7 Å². The highest BCUT2D eigenvalue weighted by molar-refractivity contribution is 7.93. The molecule has 3 aromatic carbocycles. The summed E-state index contributed by atoms with van der Waals surface area (Å²) in [5.74, 6) is -0.925. The maximum absolute atomic E-state index is 15.5. The predicted molar refractivity (Wildman–Crippen MR) is 142 cm³/mol. The number of methoxy groups -OCH3 is 2. The molecule has 1 aromatic heterocycles. The van der Waals surface area contributed by atoms with Gasteiger partial charge in [-0.25, -0.2) is 26.5 Å². The first kappa shape index (κ1) is 27.6. The third-order valence-electron chi connectivity index (χ3n) is 5.67. The minimum Gasteiger partial charge on any atom is -0.497 e. The van der Waals surface area contributed by atoms with Crippen LogP contribution < -0.4 is 18.5 Å². The summed E-state index contributed by atoms with van der Waals surface area (Å²) in [5.41, 5.74) is 0.737. The van der Waals surface area contributed by atoms with Crippen molar-refractivity contribution < 1.29 is 31.4 Å². The van der Waals surface area contributed by atoms with E-state index >= 15 is 4.39 Å². The van der Waals surface area contributed by atoms with Crippen LogP contribution in [0.4, 0.5) is 13.9 Å². The normalized spacial score (nSPS) is 12.2. The zero-order valence-electron chi connectivity index (χ0n) is 20.5. The van der Waals surface area contributed by atoms with E-state index in [9.17, 15) is 12.8 Å². The highest BCUT2D eigenvalue weighted by atomic mass is 35.5. The van der Waals surface area contributed by atoms with Crippen molar-refractivity contribution in [3.8, 4) is 17.2 Å². The molecule has 200 valence electrons. The lowest BCUT2D eigenvalue weighted by atomic mass is 10.1. The molecule has 1 atom stereocenters. The fraction of sp³-hybridized carbons (Fsp3) is 0.192. The monoisotopic (exact) mass is 580 g/mol. The summed E-state index contributed by atoms with van der Waals surface area (Å²) in [7, 11) is -1.56. The van der Waals surface area contributed by atoms with E-state index in [0.717, 1.165) is 21.7 Å². The van der Waals surface area contributed by atoms with Crippen LogP contribution in [0.1, 0.15) is 24.2 Å². The van der Waals surface area contributed by atoms with Gasteiger partial charge in [0.15, 0.2) is 10.9 Å². The van der Waals surface area contributed by atoms with Crippen molar-refractivity contribution in [1.29, 1.82) is 0 Å². The number of aromatic nitrogens is 1. The fourth-order valence-electron chi connectivity index (χ4n) is 3.71. The van der Waals surface area contributed by atoms with Crippen LogP contribution >= 0.6 is 22.9 Å². The predicted octanol–water partition coefficient (Wildman–Crippen LogP) is 6.63. The van der Waals surface area contributed by atoms with Gasteiger partial charge < -0.3 is 14.2 Å². The number of sulfonamides is 1. The van der Waals surface area contributed by atoms with Gasteiger partial charge in [0.2, 0.25) is 0 Å². The van der Waals surface area contributed by atoms with Gasteiger partial charge in [0.1, 0.15) is 39.1 Å². The van der Waals surface area contributed by atoms with Gasteiger partial charge in [-0.15, -0.1) is 11.3 Å². The molecule has 0 radical (unpaired) electrons. The maximum Gasteiger partial charge on any atom is 0.269 e. The van der Waals surface area contributed by atoms with Gasteiger partial charge in [0, 0.05) is 28.8 Å². The Morgan fingerprint density at radius 2 is 1.82 bits per heavy atom. The Morgan fingerprint density at radius 3 is 2.47 bits per heavy atom. The highest BCUT2D eigenvalue weighted by Gasteiger charge is 2.32. The smallest absolute Gasteiger partial charge is 0.269 e. The Bertz CT molecular complexity index is 1530. The molecule has 0 aliphatic rings. The quantitative estimate of drug-likeness (QED) is 0.210. The van der Waals surface area contributed by atoms with Crippen LogP contribution in [0.2, 0.25) is 5.02 Å². The number of hydrogen-bond acceptors (Lipinski definition) is 7. The van der Waals surface area contributed by atoms with E-state index in [1.165, 1.54) is 44.7 Å². The van der Waals surface area contributed by atoms with Gasteiger partial charge in [-0.05, 0) is 37.3 Å². The molecule has 1 heterocycles. The molecule has 0 fully saturated rings. The summed E-state index contributed by atoms with van der Waals surface area (Å²) in [6.07, 6.45) is 0.628. The molecule has 0 aliphatic carbocycles. The van der Waals surface area contributed by atoms with Crippen molar-refractivity contribution in [3.05, 3.63) is 94.0 Å². The lowest BCUT2D eigenvalue weighted by Gasteiger charge is -2.24. The molecule has 0 amide bonds. The lowest BCUT2D eigenvalue weighted by molar-refractivity contribution is 0.220. The Labute approximate surface area is 228 Å². The van der Waals surface area contributed by atoms with Gasteiger partial charge in [0.05, 0.1) is 20.8 Å². The second-order valence-corrected chi connectivity index (χ2v) is 11.1. The van der Waals surface area contributed by atoms with E-state index in [1.54, 1.807) is 36.6 Å². The minimum atomic E-state index is -4.50. The summed E-state index contributed by atoms with van der Waals surface area (Å²) < 4.78 is 74.5. The van der Waals surface area contributed by atoms with Crippen molar-refractivity contribution in [2.24, 2.45) is 0 Å². The van der Waals surface area contributed by atoms with Crippen LogP contribution in [0.15, 0.2) is 71.1 Å². The molecule has 0 N–H and O–H groups in total. The number of thiazole rings is 1. The first-order valence-electron chi connectivity index (χ1n) is 11.2. The van der Waals surface area contributed by atoms with Crippen LogP contribution in [0.5, 0.6) is 17.2 Å². The molecule has 4 aromatic rings. The van der Waals surface area contributed by atoms with Crippen molar-refractivity contribution in [3.63, 3.8) is 0 Å². The number of halogens is 3. The molecule has 0 unspecified atom stereocenters. The summed E-state index contributed by atoms with van der Waals surface area (Å²) in [4.78, 5) is 3.46. The standard InChI is InChI=1S/C26H23ClF2N2O5S2/c1-16(19-6-4-5-7-20(19)28)36-21-10-11-23(25(29)24(21)27)38(32,33)31(26-30-12-13-37-26)15-17-8-9-18(34-2)14-22(17)35-3/h4-14,16H,15H2,1-3H3/t16-/m0/s1. The number of ether oxygens (including phenoxy) is 3. The molecule has 0 spiro atoms. The molecule has 4 rings (SSSR count). The Hall–Kier alpha value is -3.41. The van der Waals surface area contributed by atoms with E-state index in [1.807, 2.05) is 0 Å². The van der Waals surface area contributed by atoms with Crippen LogP contribution in [-0.2, 0) is 16.6 Å². The van der Waals surface area contributed by atoms with E-state index in [2.05, 4.69) is 4.98 Å². The summed E-state index contributed by atoms with van der Waals surface area (Å²) in [5, 5.41) is 1.18. The van der Waals surface area contributed by atoms with Crippen molar-refractivity contribution in [2.45, 2.75) is 24.5 Å². The Kier molecular flexibility index (Phi) is 8.39. The number of hydrogen-bond donors (Lipinski definition) is 0. The van der Waals surface area contributed by atoms with E-state index in [-0.39, 0.29) is 23.0 Å². The zero-order chi connectivity index (χ0) is 27.4. The first-order chi connectivity index (χ1) is 18.2. The van der Waals surface area contributed by atoms with Gasteiger partial charge in [-0.3, -0.25) is 0 Å². The number of anilines is 1. The SMILES string of the molecule is COc1ccc(CN(c2nccs2)S(=O)(=O)c2ccc(O[C@@H](C)c3ccccc3F)c(Cl)c2F)c(OC)c1. The molecule has 0 aliphatic heterocycles. The number of rotatable bonds is 10. The van der Waals surface area contributed by atoms with Crippen LogP contribution in [0.25, 0.3) is 0 Å². The summed E-state index contributed by atoms with van der Waals surface area (Å²) in [6, 6.07) is 13.2. The summed E-state index contributed by atoms with van der Waals surface area (Å²) >= 11 is 7.29. The van der Waals surface area contributed by atoms with Crippen LogP contribution in [-0.4, -0.2) is 27.6 Å². The number of benzene rings is 3. The summed E-state index contributed by atoms with van der Waals surface area (Å²) in [6.45, 7) is 1.37. The van der Waals surface area contributed by atoms with Crippen molar-refractivity contribution in [2.75, 3.05) is 18.5 Å². The second-order valence-electron chi connectivity index (χ2n) is 7.98. The van der Waals surface area contributed by atoms with Crippen LogP contribution in [0.3, 0.4) is 0 Å². The molecule has 12 heteroatoms. The maximum atomic E-state index is 15.5. The molecule has 7 nitrogen and oxygen atoms in total. The molecule has 38 heavy (non-hydrogen) atoms. The second kappa shape index (κ2) is 11.5. The Morgan fingerprint density at radius 1 is 1.05 bits per heavy atom. The average Bonchev–Trinajstić information content (AvgIpc) is 3.44. The zero-order valence-corrected chi connectivity index (χ0v) is 22.9. The fourth-order valence-corrected chi connectivity index (χ4v) is 6.32. The highest BCUT2D eigenvalue weighted by Crippen LogP contribution is 2.38. The Balaban J connectivity index is 1.70. The van der Waals surface area contributed by atoms with Crippen molar-refractivity contribution >= 4 is 38.1 Å². The third-order valence-corrected chi connectivity index (χ3v) is 8.68.